The van der Waals surface area contributed by atoms with Gasteiger partial charge in [-0.25, -0.2) is 4.98 Å². The molecule has 0 saturated heterocycles. The Labute approximate surface area is 129 Å². The summed E-state index contributed by atoms with van der Waals surface area (Å²) >= 11 is 6.11. The predicted molar refractivity (Wildman–Crippen MR) is 88.7 cm³/mol. The number of rotatable bonds is 4. The number of hydrogen-bond donors (Lipinski definition) is 1. The number of nitrogen functional groups attached to an aromatic ring is 1. The normalized spacial score (nSPS) is 11.1. The maximum absolute atomic E-state index is 6.11. The third-order valence-electron chi connectivity index (χ3n) is 3.61. The van der Waals surface area contributed by atoms with Crippen molar-refractivity contribution >= 4 is 28.3 Å². The van der Waals surface area contributed by atoms with E-state index in [4.69, 9.17) is 22.3 Å². The van der Waals surface area contributed by atoms with E-state index >= 15 is 0 Å². The molecule has 2 aromatic carbocycles. The molecule has 3 aromatic rings. The molecule has 108 valence electrons. The topological polar surface area (TPSA) is 43.8 Å². The number of aromatic nitrogens is 2. The van der Waals surface area contributed by atoms with E-state index in [1.807, 2.05) is 24.3 Å². The largest absolute Gasteiger partial charge is 0.398 e. The molecule has 0 spiro atoms. The first kappa shape index (κ1) is 14.0. The number of nitrogens with two attached hydrogens (primary N) is 1. The fraction of sp³-hybridized carbons (Fsp3) is 0.235. The minimum atomic E-state index is 0.602. The number of imidazole rings is 1. The molecular formula is C17H18ClN3. The summed E-state index contributed by atoms with van der Waals surface area (Å²) in [4.78, 5) is 4.77. The molecule has 0 radical (unpaired) electrons. The molecule has 0 bridgehead atoms. The van der Waals surface area contributed by atoms with Gasteiger partial charge >= 0.3 is 0 Å². The summed E-state index contributed by atoms with van der Waals surface area (Å²) in [6, 6.07) is 14.0. The standard InChI is InChI=1S/C17H18ClN3/c1-2-9-21-16-6-4-3-5-15(16)20-17(21)11-12-7-8-14(19)13(18)10-12/h3-8,10H,2,9,11,19H2,1H3. The van der Waals surface area contributed by atoms with Gasteiger partial charge < -0.3 is 10.3 Å². The number of halogens is 1. The molecule has 3 nitrogen and oxygen atoms in total. The van der Waals surface area contributed by atoms with E-state index in [1.165, 1.54) is 5.52 Å². The Morgan fingerprint density at radius 3 is 2.76 bits per heavy atom. The van der Waals surface area contributed by atoms with E-state index < -0.39 is 0 Å². The van der Waals surface area contributed by atoms with Gasteiger partial charge in [0.1, 0.15) is 5.82 Å². The van der Waals surface area contributed by atoms with Crippen LogP contribution < -0.4 is 5.73 Å². The summed E-state index contributed by atoms with van der Waals surface area (Å²) in [5.41, 5.74) is 9.74. The average molecular weight is 300 g/mol. The molecule has 0 saturated carbocycles. The molecule has 1 aromatic heterocycles. The molecule has 0 unspecified atom stereocenters. The lowest BCUT2D eigenvalue weighted by Crippen LogP contribution is -2.04. The van der Waals surface area contributed by atoms with Gasteiger partial charge in [-0.15, -0.1) is 0 Å². The second kappa shape index (κ2) is 5.78. The zero-order valence-electron chi connectivity index (χ0n) is 12.0. The van der Waals surface area contributed by atoms with Crippen molar-refractivity contribution in [1.82, 2.24) is 9.55 Å². The van der Waals surface area contributed by atoms with Crippen LogP contribution in [0.5, 0.6) is 0 Å². The quantitative estimate of drug-likeness (QED) is 0.731. The van der Waals surface area contributed by atoms with Crippen LogP contribution in [0.4, 0.5) is 5.69 Å². The minimum absolute atomic E-state index is 0.602. The maximum Gasteiger partial charge on any atom is 0.114 e. The number of hydrogen-bond acceptors (Lipinski definition) is 2. The summed E-state index contributed by atoms with van der Waals surface area (Å²) in [6.07, 6.45) is 1.84. The number of fused-ring (bicyclic) bond motifs is 1. The van der Waals surface area contributed by atoms with Crippen LogP contribution in [0, 0.1) is 0 Å². The minimum Gasteiger partial charge on any atom is -0.398 e. The van der Waals surface area contributed by atoms with Crippen LogP contribution >= 0.6 is 11.6 Å². The summed E-state index contributed by atoms with van der Waals surface area (Å²) in [6.45, 7) is 3.15. The number of anilines is 1. The van der Waals surface area contributed by atoms with Gasteiger partial charge in [-0.3, -0.25) is 0 Å². The molecule has 3 rings (SSSR count). The highest BCUT2D eigenvalue weighted by atomic mass is 35.5. The lowest BCUT2D eigenvalue weighted by atomic mass is 10.1. The zero-order valence-corrected chi connectivity index (χ0v) is 12.8. The van der Waals surface area contributed by atoms with E-state index in [0.717, 1.165) is 36.3 Å². The molecule has 0 aliphatic carbocycles. The number of benzene rings is 2. The predicted octanol–water partition coefficient (Wildman–Crippen LogP) is 4.27. The molecule has 21 heavy (non-hydrogen) atoms. The fourth-order valence-corrected chi connectivity index (χ4v) is 2.80. The van der Waals surface area contributed by atoms with Crippen molar-refractivity contribution in [2.24, 2.45) is 0 Å². The van der Waals surface area contributed by atoms with E-state index in [-0.39, 0.29) is 0 Å². The Balaban J connectivity index is 2.02. The van der Waals surface area contributed by atoms with Gasteiger partial charge in [-0.05, 0) is 36.2 Å². The van der Waals surface area contributed by atoms with Crippen LogP contribution in [0.1, 0.15) is 24.7 Å². The van der Waals surface area contributed by atoms with Crippen LogP contribution in [0.3, 0.4) is 0 Å². The van der Waals surface area contributed by atoms with Crippen molar-refractivity contribution in [2.45, 2.75) is 26.3 Å². The highest BCUT2D eigenvalue weighted by Crippen LogP contribution is 2.23. The Kier molecular flexibility index (Phi) is 3.84. The molecule has 0 amide bonds. The first-order valence-corrected chi connectivity index (χ1v) is 7.55. The number of para-hydroxylation sites is 2. The van der Waals surface area contributed by atoms with Crippen LogP contribution in [0.25, 0.3) is 11.0 Å². The molecular weight excluding hydrogens is 282 g/mol. The van der Waals surface area contributed by atoms with Gasteiger partial charge in [0.15, 0.2) is 0 Å². The van der Waals surface area contributed by atoms with Gasteiger partial charge in [0, 0.05) is 13.0 Å². The Bertz CT molecular complexity index is 777. The van der Waals surface area contributed by atoms with Crippen LogP contribution in [0.15, 0.2) is 42.5 Å². The molecule has 2 N–H and O–H groups in total. The first-order valence-electron chi connectivity index (χ1n) is 7.17. The maximum atomic E-state index is 6.11. The molecule has 1 heterocycles. The monoisotopic (exact) mass is 299 g/mol. The van der Waals surface area contributed by atoms with Crippen molar-refractivity contribution in [3.8, 4) is 0 Å². The highest BCUT2D eigenvalue weighted by molar-refractivity contribution is 6.33. The lowest BCUT2D eigenvalue weighted by Gasteiger charge is -2.08. The molecule has 4 heteroatoms. The van der Waals surface area contributed by atoms with E-state index in [9.17, 15) is 0 Å². The van der Waals surface area contributed by atoms with Gasteiger partial charge in [0.2, 0.25) is 0 Å². The second-order valence-electron chi connectivity index (χ2n) is 5.20. The third-order valence-corrected chi connectivity index (χ3v) is 3.94. The van der Waals surface area contributed by atoms with Crippen molar-refractivity contribution in [3.63, 3.8) is 0 Å². The first-order chi connectivity index (χ1) is 10.2. The van der Waals surface area contributed by atoms with E-state index in [2.05, 4.69) is 29.7 Å². The van der Waals surface area contributed by atoms with E-state index in [0.29, 0.717) is 10.7 Å². The molecule has 0 fully saturated rings. The smallest absolute Gasteiger partial charge is 0.114 e. The third kappa shape index (κ3) is 2.74. The van der Waals surface area contributed by atoms with Crippen molar-refractivity contribution < 1.29 is 0 Å². The van der Waals surface area contributed by atoms with Gasteiger partial charge in [-0.1, -0.05) is 36.7 Å². The summed E-state index contributed by atoms with van der Waals surface area (Å²) in [7, 11) is 0. The van der Waals surface area contributed by atoms with Crippen LogP contribution in [0.2, 0.25) is 5.02 Å². The van der Waals surface area contributed by atoms with Gasteiger partial charge in [0.05, 0.1) is 21.7 Å². The van der Waals surface area contributed by atoms with Crippen LogP contribution in [-0.4, -0.2) is 9.55 Å². The Hall–Kier alpha value is -2.00. The number of nitrogens with zero attached hydrogens (tertiary/aromatic N) is 2. The molecule has 0 aliphatic rings. The zero-order chi connectivity index (χ0) is 14.8. The van der Waals surface area contributed by atoms with E-state index in [1.54, 1.807) is 0 Å². The molecule has 0 aliphatic heterocycles. The van der Waals surface area contributed by atoms with Gasteiger partial charge in [0.25, 0.3) is 0 Å². The van der Waals surface area contributed by atoms with Crippen molar-refractivity contribution in [2.75, 3.05) is 5.73 Å². The SMILES string of the molecule is CCCn1c(Cc2ccc(N)c(Cl)c2)nc2ccccc21. The van der Waals surface area contributed by atoms with Crippen molar-refractivity contribution in [3.05, 3.63) is 58.9 Å². The van der Waals surface area contributed by atoms with Gasteiger partial charge in [-0.2, -0.15) is 0 Å². The second-order valence-corrected chi connectivity index (χ2v) is 5.61. The highest BCUT2D eigenvalue weighted by Gasteiger charge is 2.10. The summed E-state index contributed by atoms with van der Waals surface area (Å²) in [5, 5.41) is 0.602. The van der Waals surface area contributed by atoms with Crippen LogP contribution in [-0.2, 0) is 13.0 Å². The average Bonchev–Trinajstić information content (AvgIpc) is 2.81. The fourth-order valence-electron chi connectivity index (χ4n) is 2.60. The summed E-state index contributed by atoms with van der Waals surface area (Å²) < 4.78 is 2.29. The Morgan fingerprint density at radius 2 is 2.00 bits per heavy atom. The lowest BCUT2D eigenvalue weighted by molar-refractivity contribution is 0.664. The number of aryl methyl sites for hydroxylation is 1. The Morgan fingerprint density at radius 1 is 1.19 bits per heavy atom. The van der Waals surface area contributed by atoms with Crippen molar-refractivity contribution in [1.29, 1.82) is 0 Å². The molecule has 0 atom stereocenters. The summed E-state index contributed by atoms with van der Waals surface area (Å²) in [5.74, 6) is 1.07.